The van der Waals surface area contributed by atoms with Crippen molar-refractivity contribution < 1.29 is 22.7 Å². The van der Waals surface area contributed by atoms with Crippen molar-refractivity contribution in [3.05, 3.63) is 29.3 Å². The van der Waals surface area contributed by atoms with Crippen LogP contribution in [-0.2, 0) is 25.1 Å². The molecule has 0 amide bonds. The van der Waals surface area contributed by atoms with Gasteiger partial charge in [0.05, 0.1) is 37.7 Å². The highest BCUT2D eigenvalue weighted by Crippen LogP contribution is 2.20. The zero-order valence-corrected chi connectivity index (χ0v) is 12.1. The molecule has 0 bridgehead atoms. The molecule has 0 N–H and O–H groups in total. The standard InChI is InChI=1S/C13H15NO5S/c1-18-12-4-3-10(7-11(12)8-14)9-20(16,17)6-5-13(15)19-2/h3-4,7H,5-6,9H2,1-2H3. The summed E-state index contributed by atoms with van der Waals surface area (Å²) < 4.78 is 33.1. The van der Waals surface area contributed by atoms with Gasteiger partial charge in [0, 0.05) is 0 Å². The maximum absolute atomic E-state index is 11.9. The summed E-state index contributed by atoms with van der Waals surface area (Å²) >= 11 is 0. The maximum atomic E-state index is 11.9. The molecule has 0 heterocycles. The van der Waals surface area contributed by atoms with Gasteiger partial charge in [0.2, 0.25) is 0 Å². The number of nitrogens with zero attached hydrogens (tertiary/aromatic N) is 1. The Hall–Kier alpha value is -2.07. The summed E-state index contributed by atoms with van der Waals surface area (Å²) in [6.07, 6.45) is -0.180. The highest BCUT2D eigenvalue weighted by Gasteiger charge is 2.16. The van der Waals surface area contributed by atoms with E-state index in [-0.39, 0.29) is 23.5 Å². The van der Waals surface area contributed by atoms with Crippen molar-refractivity contribution in [3.8, 4) is 11.8 Å². The molecular weight excluding hydrogens is 282 g/mol. The minimum atomic E-state index is -3.44. The molecule has 0 fully saturated rings. The Morgan fingerprint density at radius 1 is 1.35 bits per heavy atom. The number of carbonyl (C=O) groups is 1. The number of hydrogen-bond donors (Lipinski definition) is 0. The smallest absolute Gasteiger partial charge is 0.306 e. The normalized spacial score (nSPS) is 10.7. The van der Waals surface area contributed by atoms with Crippen LogP contribution < -0.4 is 4.74 Å². The van der Waals surface area contributed by atoms with E-state index in [9.17, 15) is 13.2 Å². The second-order valence-electron chi connectivity index (χ2n) is 4.06. The largest absolute Gasteiger partial charge is 0.495 e. The predicted molar refractivity (Wildman–Crippen MR) is 71.8 cm³/mol. The summed E-state index contributed by atoms with van der Waals surface area (Å²) in [5.41, 5.74) is 0.750. The zero-order chi connectivity index (χ0) is 15.2. The third kappa shape index (κ3) is 4.55. The average Bonchev–Trinajstić information content (AvgIpc) is 2.44. The fourth-order valence-electron chi connectivity index (χ4n) is 1.60. The van der Waals surface area contributed by atoms with Gasteiger partial charge in [-0.1, -0.05) is 6.07 Å². The van der Waals surface area contributed by atoms with E-state index in [1.165, 1.54) is 20.3 Å². The molecule has 0 aromatic heterocycles. The van der Waals surface area contributed by atoms with Crippen LogP contribution >= 0.6 is 0 Å². The Balaban J connectivity index is 2.83. The van der Waals surface area contributed by atoms with Gasteiger partial charge in [-0.3, -0.25) is 4.79 Å². The number of nitriles is 1. The molecule has 1 aromatic rings. The third-order valence-corrected chi connectivity index (χ3v) is 4.22. The van der Waals surface area contributed by atoms with Crippen molar-refractivity contribution in [1.29, 1.82) is 5.26 Å². The lowest BCUT2D eigenvalue weighted by molar-refractivity contribution is -0.140. The van der Waals surface area contributed by atoms with E-state index < -0.39 is 15.8 Å². The number of rotatable bonds is 6. The van der Waals surface area contributed by atoms with E-state index >= 15 is 0 Å². The van der Waals surface area contributed by atoms with Crippen LogP contribution in [-0.4, -0.2) is 34.4 Å². The van der Waals surface area contributed by atoms with Crippen LogP contribution in [0.2, 0.25) is 0 Å². The van der Waals surface area contributed by atoms with E-state index in [1.807, 2.05) is 6.07 Å². The summed E-state index contributed by atoms with van der Waals surface area (Å²) in [5.74, 6) is -0.694. The lowest BCUT2D eigenvalue weighted by Gasteiger charge is -2.07. The van der Waals surface area contributed by atoms with Gasteiger partial charge < -0.3 is 9.47 Å². The van der Waals surface area contributed by atoms with Crippen LogP contribution in [0.1, 0.15) is 17.5 Å². The summed E-state index contributed by atoms with van der Waals surface area (Å²) in [6.45, 7) is 0. The van der Waals surface area contributed by atoms with Crippen LogP contribution in [0.5, 0.6) is 5.75 Å². The number of sulfone groups is 1. The molecule has 0 aliphatic heterocycles. The monoisotopic (exact) mass is 297 g/mol. The molecule has 0 unspecified atom stereocenters. The van der Waals surface area contributed by atoms with Gasteiger partial charge in [-0.25, -0.2) is 8.42 Å². The fourth-order valence-corrected chi connectivity index (χ4v) is 2.91. The molecule has 0 atom stereocenters. The molecule has 0 saturated carbocycles. The first-order chi connectivity index (χ1) is 9.41. The molecule has 0 aliphatic rings. The number of ether oxygens (including phenoxy) is 2. The Morgan fingerprint density at radius 2 is 2.05 bits per heavy atom. The Labute approximate surface area is 117 Å². The highest BCUT2D eigenvalue weighted by atomic mass is 32.2. The number of carbonyl (C=O) groups excluding carboxylic acids is 1. The molecule has 6 nitrogen and oxygen atoms in total. The van der Waals surface area contributed by atoms with Crippen LogP contribution in [0, 0.1) is 11.3 Å². The van der Waals surface area contributed by atoms with E-state index in [4.69, 9.17) is 10.00 Å². The molecule has 20 heavy (non-hydrogen) atoms. The molecule has 7 heteroatoms. The zero-order valence-electron chi connectivity index (χ0n) is 11.3. The SMILES string of the molecule is COC(=O)CCS(=O)(=O)Cc1ccc(OC)c(C#N)c1. The summed E-state index contributed by atoms with van der Waals surface area (Å²) in [7, 11) is -0.796. The first kappa shape index (κ1) is 16.0. The molecule has 0 saturated heterocycles. The van der Waals surface area contributed by atoms with E-state index in [0.29, 0.717) is 11.3 Å². The van der Waals surface area contributed by atoms with Crippen LogP contribution in [0.25, 0.3) is 0 Å². The number of methoxy groups -OCH3 is 2. The van der Waals surface area contributed by atoms with Gasteiger partial charge in [-0.15, -0.1) is 0 Å². The molecule has 0 radical (unpaired) electrons. The lowest BCUT2D eigenvalue weighted by Crippen LogP contribution is -2.14. The van der Waals surface area contributed by atoms with E-state index in [0.717, 1.165) is 0 Å². The van der Waals surface area contributed by atoms with E-state index in [2.05, 4.69) is 4.74 Å². The molecule has 0 aliphatic carbocycles. The van der Waals surface area contributed by atoms with Crippen molar-refractivity contribution in [2.75, 3.05) is 20.0 Å². The number of esters is 1. The van der Waals surface area contributed by atoms with Gasteiger partial charge in [-0.05, 0) is 17.7 Å². The average molecular weight is 297 g/mol. The van der Waals surface area contributed by atoms with Crippen molar-refractivity contribution in [2.24, 2.45) is 0 Å². The first-order valence-corrected chi connectivity index (χ1v) is 7.58. The molecule has 1 rings (SSSR count). The summed E-state index contributed by atoms with van der Waals surface area (Å²) in [4.78, 5) is 10.9. The van der Waals surface area contributed by atoms with Gasteiger partial charge in [0.25, 0.3) is 0 Å². The minimum Gasteiger partial charge on any atom is -0.495 e. The quantitative estimate of drug-likeness (QED) is 0.728. The maximum Gasteiger partial charge on any atom is 0.306 e. The van der Waals surface area contributed by atoms with Crippen molar-refractivity contribution in [1.82, 2.24) is 0 Å². The van der Waals surface area contributed by atoms with Gasteiger partial charge in [-0.2, -0.15) is 5.26 Å². The van der Waals surface area contributed by atoms with Crippen LogP contribution in [0.15, 0.2) is 18.2 Å². The highest BCUT2D eigenvalue weighted by molar-refractivity contribution is 7.90. The first-order valence-electron chi connectivity index (χ1n) is 5.76. The van der Waals surface area contributed by atoms with Crippen molar-refractivity contribution in [2.45, 2.75) is 12.2 Å². The lowest BCUT2D eigenvalue weighted by atomic mass is 10.1. The topological polar surface area (TPSA) is 93.5 Å². The molecule has 108 valence electrons. The predicted octanol–water partition coefficient (Wildman–Crippen LogP) is 1.04. The molecule has 0 spiro atoms. The van der Waals surface area contributed by atoms with Crippen molar-refractivity contribution >= 4 is 15.8 Å². The Morgan fingerprint density at radius 3 is 2.60 bits per heavy atom. The summed E-state index contributed by atoms with van der Waals surface area (Å²) in [5, 5.41) is 8.94. The van der Waals surface area contributed by atoms with Gasteiger partial charge in [0.15, 0.2) is 9.84 Å². The molecular formula is C13H15NO5S. The second kappa shape index (κ2) is 6.91. The van der Waals surface area contributed by atoms with Gasteiger partial charge in [0.1, 0.15) is 11.8 Å². The van der Waals surface area contributed by atoms with Crippen LogP contribution in [0.3, 0.4) is 0 Å². The number of hydrogen-bond acceptors (Lipinski definition) is 6. The third-order valence-electron chi connectivity index (χ3n) is 2.62. The van der Waals surface area contributed by atoms with Crippen LogP contribution in [0.4, 0.5) is 0 Å². The summed E-state index contributed by atoms with van der Waals surface area (Å²) in [6, 6.07) is 6.53. The van der Waals surface area contributed by atoms with Crippen molar-refractivity contribution in [3.63, 3.8) is 0 Å². The number of benzene rings is 1. The Bertz CT molecular complexity index is 631. The Kier molecular flexibility index (Phi) is 5.53. The molecule has 1 aromatic carbocycles. The second-order valence-corrected chi connectivity index (χ2v) is 6.25. The fraction of sp³-hybridized carbons (Fsp3) is 0.385. The van der Waals surface area contributed by atoms with E-state index in [1.54, 1.807) is 12.1 Å². The minimum absolute atomic E-state index is 0.180. The van der Waals surface area contributed by atoms with Gasteiger partial charge >= 0.3 is 5.97 Å².